The first-order chi connectivity index (χ1) is 8.69. The molecule has 2 rings (SSSR count). The molecule has 1 atom stereocenters. The lowest BCUT2D eigenvalue weighted by atomic mass is 10.0. The van der Waals surface area contributed by atoms with Gasteiger partial charge < -0.3 is 5.32 Å². The zero-order valence-electron chi connectivity index (χ0n) is 11.8. The Morgan fingerprint density at radius 1 is 1.56 bits per heavy atom. The highest BCUT2D eigenvalue weighted by atomic mass is 32.1. The van der Waals surface area contributed by atoms with Crippen LogP contribution in [0, 0.1) is 5.92 Å². The molecule has 1 aliphatic heterocycles. The van der Waals surface area contributed by atoms with Gasteiger partial charge in [0.2, 0.25) is 0 Å². The molecule has 3 nitrogen and oxygen atoms in total. The van der Waals surface area contributed by atoms with Crippen molar-refractivity contribution in [2.45, 2.75) is 46.2 Å². The van der Waals surface area contributed by atoms with E-state index in [0.717, 1.165) is 26.1 Å². The summed E-state index contributed by atoms with van der Waals surface area (Å²) in [7, 11) is 0. The van der Waals surface area contributed by atoms with Crippen LogP contribution in [-0.2, 0) is 13.0 Å². The molecule has 4 heteroatoms. The molecule has 0 spiro atoms. The Kier molecular flexibility index (Phi) is 5.15. The third kappa shape index (κ3) is 3.77. The van der Waals surface area contributed by atoms with Gasteiger partial charge in [-0.1, -0.05) is 20.8 Å². The van der Waals surface area contributed by atoms with Crippen molar-refractivity contribution in [3.63, 3.8) is 0 Å². The maximum Gasteiger partial charge on any atom is 0.107 e. The van der Waals surface area contributed by atoms with Crippen LogP contribution in [0.1, 0.15) is 37.1 Å². The van der Waals surface area contributed by atoms with E-state index in [1.165, 1.54) is 22.9 Å². The van der Waals surface area contributed by atoms with Crippen molar-refractivity contribution in [3.8, 4) is 0 Å². The molecule has 1 N–H and O–H groups in total. The van der Waals surface area contributed by atoms with Crippen LogP contribution in [0.4, 0.5) is 0 Å². The smallest absolute Gasteiger partial charge is 0.107 e. The quantitative estimate of drug-likeness (QED) is 0.908. The molecule has 0 aliphatic carbocycles. The van der Waals surface area contributed by atoms with Crippen LogP contribution in [0.2, 0.25) is 0 Å². The molecule has 2 heterocycles. The lowest BCUT2D eigenvalue weighted by Gasteiger charge is -2.26. The molecule has 1 unspecified atom stereocenters. The molecule has 18 heavy (non-hydrogen) atoms. The van der Waals surface area contributed by atoms with E-state index < -0.39 is 0 Å². The summed E-state index contributed by atoms with van der Waals surface area (Å²) in [5.74, 6) is 0.702. The molecule has 0 saturated carbocycles. The minimum atomic E-state index is 0.623. The van der Waals surface area contributed by atoms with Crippen molar-refractivity contribution in [2.24, 2.45) is 5.92 Å². The number of hydrogen-bond acceptors (Lipinski definition) is 4. The van der Waals surface area contributed by atoms with Gasteiger partial charge in [0.1, 0.15) is 5.01 Å². The molecule has 1 aromatic heterocycles. The molecule has 0 amide bonds. The van der Waals surface area contributed by atoms with Crippen LogP contribution in [0.5, 0.6) is 0 Å². The van der Waals surface area contributed by atoms with Crippen LogP contribution in [0.15, 0.2) is 6.20 Å². The van der Waals surface area contributed by atoms with Gasteiger partial charge in [-0.2, -0.15) is 0 Å². The Balaban J connectivity index is 1.94. The Hall–Kier alpha value is -0.450. The third-order valence-electron chi connectivity index (χ3n) is 3.63. The van der Waals surface area contributed by atoms with Crippen molar-refractivity contribution < 1.29 is 0 Å². The number of nitrogens with one attached hydrogen (secondary N) is 1. The Labute approximate surface area is 115 Å². The summed E-state index contributed by atoms with van der Waals surface area (Å²) in [6, 6.07) is 0.623. The molecule has 1 aliphatic rings. The molecule has 102 valence electrons. The van der Waals surface area contributed by atoms with Gasteiger partial charge >= 0.3 is 0 Å². The van der Waals surface area contributed by atoms with Gasteiger partial charge in [-0.05, 0) is 31.8 Å². The van der Waals surface area contributed by atoms with Crippen LogP contribution in [-0.4, -0.2) is 35.6 Å². The summed E-state index contributed by atoms with van der Waals surface area (Å²) in [6.45, 7) is 11.3. The topological polar surface area (TPSA) is 28.2 Å². The highest BCUT2D eigenvalue weighted by Crippen LogP contribution is 2.17. The van der Waals surface area contributed by atoms with Crippen LogP contribution >= 0.6 is 11.3 Å². The van der Waals surface area contributed by atoms with Crippen LogP contribution in [0.3, 0.4) is 0 Å². The van der Waals surface area contributed by atoms with Crippen molar-refractivity contribution in [1.82, 2.24) is 15.2 Å². The molecular formula is C14H25N3S. The number of thiazole rings is 1. The van der Waals surface area contributed by atoms with E-state index in [4.69, 9.17) is 0 Å². The molecule has 0 radical (unpaired) electrons. The van der Waals surface area contributed by atoms with Gasteiger partial charge in [-0.25, -0.2) is 4.98 Å². The van der Waals surface area contributed by atoms with E-state index in [2.05, 4.69) is 36.0 Å². The lowest BCUT2D eigenvalue weighted by Crippen LogP contribution is -2.40. The second-order valence-corrected chi connectivity index (χ2v) is 6.67. The minimum Gasteiger partial charge on any atom is -0.312 e. The number of nitrogens with zero attached hydrogens (tertiary/aromatic N) is 2. The fraction of sp³-hybridized carbons (Fsp3) is 0.786. The third-order valence-corrected chi connectivity index (χ3v) is 4.75. The van der Waals surface area contributed by atoms with E-state index in [0.29, 0.717) is 12.0 Å². The Morgan fingerprint density at radius 2 is 2.39 bits per heavy atom. The minimum absolute atomic E-state index is 0.623. The van der Waals surface area contributed by atoms with E-state index >= 15 is 0 Å². The van der Waals surface area contributed by atoms with Gasteiger partial charge in [-0.3, -0.25) is 4.90 Å². The lowest BCUT2D eigenvalue weighted by molar-refractivity contribution is 0.238. The molecule has 0 aromatic carbocycles. The Morgan fingerprint density at radius 3 is 3.06 bits per heavy atom. The maximum atomic E-state index is 4.54. The average molecular weight is 267 g/mol. The van der Waals surface area contributed by atoms with Gasteiger partial charge in [0, 0.05) is 23.7 Å². The highest BCUT2D eigenvalue weighted by Gasteiger charge is 2.20. The van der Waals surface area contributed by atoms with E-state index in [1.807, 2.05) is 17.5 Å². The largest absolute Gasteiger partial charge is 0.312 e. The van der Waals surface area contributed by atoms with Gasteiger partial charge in [-0.15, -0.1) is 11.3 Å². The normalized spacial score (nSPS) is 22.3. The summed E-state index contributed by atoms with van der Waals surface area (Å²) < 4.78 is 0. The molecule has 0 bridgehead atoms. The van der Waals surface area contributed by atoms with Gasteiger partial charge in [0.25, 0.3) is 0 Å². The zero-order chi connectivity index (χ0) is 13.0. The van der Waals surface area contributed by atoms with Crippen LogP contribution in [0.25, 0.3) is 0 Å². The first-order valence-corrected chi connectivity index (χ1v) is 7.90. The molecule has 1 aromatic rings. The van der Waals surface area contributed by atoms with Gasteiger partial charge in [0.05, 0.1) is 6.54 Å². The number of aromatic nitrogens is 1. The van der Waals surface area contributed by atoms with E-state index in [9.17, 15) is 0 Å². The summed E-state index contributed by atoms with van der Waals surface area (Å²) in [4.78, 5) is 8.50. The number of rotatable bonds is 4. The molecular weight excluding hydrogens is 242 g/mol. The second-order valence-electron chi connectivity index (χ2n) is 5.47. The number of hydrogen-bond donors (Lipinski definition) is 1. The standard InChI is InChI=1S/C14H25N3S/c1-4-12-8-16-14(18-12)10-17-7-5-6-15-13(9-17)11(2)3/h8,11,13,15H,4-7,9-10H2,1-3H3. The fourth-order valence-electron chi connectivity index (χ4n) is 2.39. The Bertz CT molecular complexity index is 362. The predicted octanol–water partition coefficient (Wildman–Crippen LogP) is 2.53. The second kappa shape index (κ2) is 6.64. The summed E-state index contributed by atoms with van der Waals surface area (Å²) >= 11 is 1.87. The van der Waals surface area contributed by atoms with Crippen molar-refractivity contribution >= 4 is 11.3 Å². The summed E-state index contributed by atoms with van der Waals surface area (Å²) in [6.07, 6.45) is 4.39. The van der Waals surface area contributed by atoms with E-state index in [-0.39, 0.29) is 0 Å². The first-order valence-electron chi connectivity index (χ1n) is 7.08. The average Bonchev–Trinajstić information content (AvgIpc) is 2.66. The highest BCUT2D eigenvalue weighted by molar-refractivity contribution is 7.11. The SMILES string of the molecule is CCc1cnc(CN2CCCNC(C(C)C)C2)s1. The zero-order valence-corrected chi connectivity index (χ0v) is 12.6. The fourth-order valence-corrected chi connectivity index (χ4v) is 3.30. The molecule has 1 saturated heterocycles. The molecule has 1 fully saturated rings. The predicted molar refractivity (Wildman–Crippen MR) is 78.0 cm³/mol. The van der Waals surface area contributed by atoms with Crippen LogP contribution < -0.4 is 5.32 Å². The summed E-state index contributed by atoms with van der Waals surface area (Å²) in [5, 5.41) is 4.93. The maximum absolute atomic E-state index is 4.54. The van der Waals surface area contributed by atoms with E-state index in [1.54, 1.807) is 0 Å². The first kappa shape index (κ1) is 14.0. The van der Waals surface area contributed by atoms with Crippen molar-refractivity contribution in [2.75, 3.05) is 19.6 Å². The van der Waals surface area contributed by atoms with Crippen molar-refractivity contribution in [3.05, 3.63) is 16.1 Å². The van der Waals surface area contributed by atoms with Crippen molar-refractivity contribution in [1.29, 1.82) is 0 Å². The van der Waals surface area contributed by atoms with Gasteiger partial charge in [0.15, 0.2) is 0 Å². The summed E-state index contributed by atoms with van der Waals surface area (Å²) in [5.41, 5.74) is 0. The monoisotopic (exact) mass is 267 g/mol. The number of aryl methyl sites for hydroxylation is 1.